The Kier molecular flexibility index (Phi) is 4.33. The minimum atomic E-state index is -0.463. The van der Waals surface area contributed by atoms with Gasteiger partial charge in [-0.3, -0.25) is 0 Å². The largest absolute Gasteiger partial charge is 0.444 e. The summed E-state index contributed by atoms with van der Waals surface area (Å²) >= 11 is 0. The normalized spacial score (nSPS) is 22.6. The van der Waals surface area contributed by atoms with Gasteiger partial charge in [0.15, 0.2) is 0 Å². The number of ether oxygens (including phenoxy) is 1. The molecule has 4 heteroatoms. The summed E-state index contributed by atoms with van der Waals surface area (Å²) < 4.78 is 5.33. The molecule has 0 saturated carbocycles. The fourth-order valence-corrected chi connectivity index (χ4v) is 2.45. The van der Waals surface area contributed by atoms with E-state index in [9.17, 15) is 4.79 Å². The van der Waals surface area contributed by atoms with Gasteiger partial charge in [-0.1, -0.05) is 29.8 Å². The number of hydrogen-bond acceptors (Lipinski definition) is 3. The second-order valence-electron chi connectivity index (χ2n) is 6.43. The highest BCUT2D eigenvalue weighted by molar-refractivity contribution is 5.68. The number of benzene rings is 1. The third-order valence-corrected chi connectivity index (χ3v) is 3.42. The van der Waals surface area contributed by atoms with E-state index in [2.05, 4.69) is 41.8 Å². The molecule has 2 N–H and O–H groups in total. The first kappa shape index (κ1) is 14.9. The lowest BCUT2D eigenvalue weighted by Crippen LogP contribution is -2.42. The van der Waals surface area contributed by atoms with E-state index in [4.69, 9.17) is 4.74 Å². The lowest BCUT2D eigenvalue weighted by Gasteiger charge is -2.24. The maximum atomic E-state index is 11.9. The molecule has 0 aromatic heterocycles. The second-order valence-corrected chi connectivity index (χ2v) is 6.43. The molecule has 110 valence electrons. The van der Waals surface area contributed by atoms with Crippen molar-refractivity contribution in [2.75, 3.05) is 13.1 Å². The lowest BCUT2D eigenvalue weighted by molar-refractivity contribution is 0.0504. The summed E-state index contributed by atoms with van der Waals surface area (Å²) in [7, 11) is 0. The molecular weight excluding hydrogens is 252 g/mol. The summed E-state index contributed by atoms with van der Waals surface area (Å²) in [5, 5.41) is 6.31. The Morgan fingerprint density at radius 1 is 1.25 bits per heavy atom. The summed E-state index contributed by atoms with van der Waals surface area (Å²) in [5.74, 6) is 0.295. The molecule has 0 aliphatic carbocycles. The molecule has 1 fully saturated rings. The second kappa shape index (κ2) is 5.83. The van der Waals surface area contributed by atoms with Crippen LogP contribution in [0.4, 0.5) is 4.79 Å². The number of carbonyl (C=O) groups excluding carboxylic acids is 1. The van der Waals surface area contributed by atoms with Crippen LogP contribution >= 0.6 is 0 Å². The summed E-state index contributed by atoms with van der Waals surface area (Å²) in [4.78, 5) is 11.9. The molecule has 1 heterocycles. The van der Waals surface area contributed by atoms with Gasteiger partial charge in [-0.2, -0.15) is 0 Å². The van der Waals surface area contributed by atoms with Crippen LogP contribution in [0.3, 0.4) is 0 Å². The van der Waals surface area contributed by atoms with E-state index in [0.29, 0.717) is 5.92 Å². The number of carbonyl (C=O) groups is 1. The number of nitrogens with one attached hydrogen (secondary N) is 2. The molecule has 2 atom stereocenters. The van der Waals surface area contributed by atoms with Crippen molar-refractivity contribution in [2.45, 2.75) is 45.3 Å². The van der Waals surface area contributed by atoms with Gasteiger partial charge in [0.2, 0.25) is 0 Å². The van der Waals surface area contributed by atoms with Crippen molar-refractivity contribution in [3.05, 3.63) is 35.4 Å². The Morgan fingerprint density at radius 3 is 2.50 bits per heavy atom. The van der Waals surface area contributed by atoms with Gasteiger partial charge in [-0.25, -0.2) is 4.79 Å². The van der Waals surface area contributed by atoms with Gasteiger partial charge in [0.1, 0.15) is 5.60 Å². The topological polar surface area (TPSA) is 50.4 Å². The van der Waals surface area contributed by atoms with Crippen molar-refractivity contribution < 1.29 is 9.53 Å². The molecule has 0 spiro atoms. The van der Waals surface area contributed by atoms with Crippen LogP contribution in [0.1, 0.15) is 37.8 Å². The first-order chi connectivity index (χ1) is 9.35. The Hall–Kier alpha value is -1.55. The van der Waals surface area contributed by atoms with Crippen LogP contribution in [-0.2, 0) is 4.74 Å². The van der Waals surface area contributed by atoms with Crippen molar-refractivity contribution in [1.82, 2.24) is 10.6 Å². The minimum absolute atomic E-state index is 0.0764. The zero-order valence-corrected chi connectivity index (χ0v) is 12.7. The Morgan fingerprint density at radius 2 is 1.90 bits per heavy atom. The molecule has 0 unspecified atom stereocenters. The lowest BCUT2D eigenvalue weighted by atomic mass is 9.94. The molecule has 0 radical (unpaired) electrons. The predicted molar refractivity (Wildman–Crippen MR) is 79.9 cm³/mol. The van der Waals surface area contributed by atoms with Crippen molar-refractivity contribution in [3.8, 4) is 0 Å². The monoisotopic (exact) mass is 276 g/mol. The van der Waals surface area contributed by atoms with Gasteiger partial charge in [0.05, 0.1) is 6.04 Å². The molecule has 1 aromatic carbocycles. The SMILES string of the molecule is Cc1ccc([C@@H]2CNC[C@H]2NC(=O)OC(C)(C)C)cc1. The van der Waals surface area contributed by atoms with Crippen molar-refractivity contribution in [1.29, 1.82) is 0 Å². The van der Waals surface area contributed by atoms with E-state index in [-0.39, 0.29) is 12.1 Å². The van der Waals surface area contributed by atoms with E-state index in [0.717, 1.165) is 13.1 Å². The van der Waals surface area contributed by atoms with Gasteiger partial charge in [-0.05, 0) is 33.3 Å². The van der Waals surface area contributed by atoms with Crippen LogP contribution in [0, 0.1) is 6.92 Å². The average Bonchev–Trinajstić information content (AvgIpc) is 2.75. The number of alkyl carbamates (subject to hydrolysis) is 1. The molecule has 20 heavy (non-hydrogen) atoms. The fraction of sp³-hybridized carbons (Fsp3) is 0.562. The van der Waals surface area contributed by atoms with Crippen molar-refractivity contribution in [3.63, 3.8) is 0 Å². The Bertz CT molecular complexity index is 462. The highest BCUT2D eigenvalue weighted by Gasteiger charge is 2.30. The van der Waals surface area contributed by atoms with Crippen molar-refractivity contribution in [2.24, 2.45) is 0 Å². The van der Waals surface area contributed by atoms with Gasteiger partial charge >= 0.3 is 6.09 Å². The van der Waals surface area contributed by atoms with E-state index in [1.165, 1.54) is 11.1 Å². The maximum absolute atomic E-state index is 11.9. The number of rotatable bonds is 2. The van der Waals surface area contributed by atoms with Crippen molar-refractivity contribution >= 4 is 6.09 Å². The zero-order valence-electron chi connectivity index (χ0n) is 12.7. The summed E-state index contributed by atoms with van der Waals surface area (Å²) in [5.41, 5.74) is 2.04. The van der Waals surface area contributed by atoms with Crippen LogP contribution < -0.4 is 10.6 Å². The van der Waals surface area contributed by atoms with Gasteiger partial charge in [0.25, 0.3) is 0 Å². The summed E-state index contributed by atoms with van der Waals surface area (Å²) in [6, 6.07) is 8.57. The standard InChI is InChI=1S/C16H24N2O2/c1-11-5-7-12(8-6-11)13-9-17-10-14(13)18-15(19)20-16(2,3)4/h5-8,13-14,17H,9-10H2,1-4H3,(H,18,19)/t13-,14+/m0/s1. The summed E-state index contributed by atoms with van der Waals surface area (Å²) in [6.07, 6.45) is -0.344. The zero-order chi connectivity index (χ0) is 14.8. The first-order valence-electron chi connectivity index (χ1n) is 7.12. The highest BCUT2D eigenvalue weighted by atomic mass is 16.6. The van der Waals surface area contributed by atoms with Crippen LogP contribution in [0.5, 0.6) is 0 Å². The molecule has 1 saturated heterocycles. The highest BCUT2D eigenvalue weighted by Crippen LogP contribution is 2.23. The smallest absolute Gasteiger partial charge is 0.407 e. The fourth-order valence-electron chi connectivity index (χ4n) is 2.45. The van der Waals surface area contributed by atoms with Gasteiger partial charge < -0.3 is 15.4 Å². The third kappa shape index (κ3) is 3.97. The molecule has 4 nitrogen and oxygen atoms in total. The van der Waals surface area contributed by atoms with Crippen LogP contribution in [-0.4, -0.2) is 30.8 Å². The summed E-state index contributed by atoms with van der Waals surface area (Å²) in [6.45, 7) is 9.35. The molecule has 2 rings (SSSR count). The van der Waals surface area contributed by atoms with Gasteiger partial charge in [0, 0.05) is 19.0 Å². The molecule has 1 aliphatic heterocycles. The molecule has 1 aromatic rings. The number of amides is 1. The Balaban J connectivity index is 2.00. The van der Waals surface area contributed by atoms with E-state index in [1.54, 1.807) is 0 Å². The average molecular weight is 276 g/mol. The predicted octanol–water partition coefficient (Wildman–Crippen LogP) is 2.58. The number of hydrogen-bond donors (Lipinski definition) is 2. The number of aryl methyl sites for hydroxylation is 1. The molecular formula is C16H24N2O2. The van der Waals surface area contributed by atoms with Crippen LogP contribution in [0.15, 0.2) is 24.3 Å². The van der Waals surface area contributed by atoms with Gasteiger partial charge in [-0.15, -0.1) is 0 Å². The van der Waals surface area contributed by atoms with E-state index >= 15 is 0 Å². The van der Waals surface area contributed by atoms with E-state index < -0.39 is 5.60 Å². The molecule has 1 amide bonds. The molecule has 1 aliphatic rings. The minimum Gasteiger partial charge on any atom is -0.444 e. The maximum Gasteiger partial charge on any atom is 0.407 e. The first-order valence-corrected chi connectivity index (χ1v) is 7.12. The Labute approximate surface area is 120 Å². The third-order valence-electron chi connectivity index (χ3n) is 3.42. The molecule has 0 bridgehead atoms. The van der Waals surface area contributed by atoms with E-state index in [1.807, 2.05) is 20.8 Å². The van der Waals surface area contributed by atoms with Crippen LogP contribution in [0.25, 0.3) is 0 Å². The van der Waals surface area contributed by atoms with Crippen LogP contribution in [0.2, 0.25) is 0 Å². The quantitative estimate of drug-likeness (QED) is 0.873.